The maximum atomic E-state index is 13.6. The zero-order valence-electron chi connectivity index (χ0n) is 12.7. The third-order valence-electron chi connectivity index (χ3n) is 4.04. The third kappa shape index (κ3) is 2.61. The molecule has 3 aromatic heterocycles. The Bertz CT molecular complexity index is 1080. The van der Waals surface area contributed by atoms with Crippen LogP contribution in [0.1, 0.15) is 24.4 Å². The molecule has 0 radical (unpaired) electrons. The highest BCUT2D eigenvalue weighted by Crippen LogP contribution is 2.38. The van der Waals surface area contributed by atoms with Gasteiger partial charge in [-0.15, -0.1) is 0 Å². The van der Waals surface area contributed by atoms with Crippen molar-refractivity contribution in [1.29, 1.82) is 0 Å². The molecule has 3 heterocycles. The molecule has 4 rings (SSSR count). The van der Waals surface area contributed by atoms with Gasteiger partial charge in [0, 0.05) is 12.2 Å². The van der Waals surface area contributed by atoms with E-state index in [0.717, 1.165) is 10.6 Å². The monoisotopic (exact) mass is 348 g/mol. The van der Waals surface area contributed by atoms with Crippen LogP contribution in [0, 0.1) is 0 Å². The maximum Gasteiger partial charge on any atom is 0.417 e. The fourth-order valence-electron chi connectivity index (χ4n) is 2.79. The van der Waals surface area contributed by atoms with Gasteiger partial charge < -0.3 is 0 Å². The molecule has 9 heteroatoms. The number of nitrogens with one attached hydrogen (secondary N) is 1. The summed E-state index contributed by atoms with van der Waals surface area (Å²) in [5.41, 5.74) is -3.05. The van der Waals surface area contributed by atoms with E-state index in [1.165, 1.54) is 12.3 Å². The number of alkyl halides is 3. The zero-order valence-corrected chi connectivity index (χ0v) is 12.7. The summed E-state index contributed by atoms with van der Waals surface area (Å²) in [6.07, 6.45) is -2.04. The standard InChI is InChI=1S/C16H11F3N4O2/c17-16(18,19)9-7-11(10-3-1-2-6-20-10)21-13-12(9)14(24)22-15(25)23(13)8-4-5-8/h1-3,6-8H,4-5H2,(H,22,24,25). The second-order valence-electron chi connectivity index (χ2n) is 5.83. The van der Waals surface area contributed by atoms with E-state index in [0.29, 0.717) is 12.8 Å². The van der Waals surface area contributed by atoms with Crippen LogP contribution in [0.3, 0.4) is 0 Å². The van der Waals surface area contributed by atoms with E-state index in [9.17, 15) is 22.8 Å². The topological polar surface area (TPSA) is 80.6 Å². The van der Waals surface area contributed by atoms with Crippen molar-refractivity contribution in [2.45, 2.75) is 25.1 Å². The van der Waals surface area contributed by atoms with E-state index >= 15 is 0 Å². The largest absolute Gasteiger partial charge is 0.417 e. The number of H-pyrrole nitrogens is 1. The van der Waals surface area contributed by atoms with Gasteiger partial charge in [-0.25, -0.2) is 9.78 Å². The molecule has 1 aliphatic rings. The molecule has 3 aromatic rings. The van der Waals surface area contributed by atoms with Crippen molar-refractivity contribution < 1.29 is 13.2 Å². The molecule has 0 unspecified atom stereocenters. The number of hydrogen-bond donors (Lipinski definition) is 1. The molecule has 25 heavy (non-hydrogen) atoms. The van der Waals surface area contributed by atoms with E-state index < -0.39 is 28.4 Å². The predicted octanol–water partition coefficient (Wildman–Crippen LogP) is 2.50. The van der Waals surface area contributed by atoms with Crippen LogP contribution in [0.15, 0.2) is 40.1 Å². The molecule has 1 aliphatic carbocycles. The van der Waals surface area contributed by atoms with Crippen molar-refractivity contribution in [3.8, 4) is 11.4 Å². The van der Waals surface area contributed by atoms with E-state index in [4.69, 9.17) is 0 Å². The summed E-state index contributed by atoms with van der Waals surface area (Å²) in [5, 5.41) is -0.626. The average molecular weight is 348 g/mol. The molecule has 1 saturated carbocycles. The first kappa shape index (κ1) is 15.6. The minimum atomic E-state index is -4.77. The Hall–Kier alpha value is -2.97. The molecule has 1 N–H and O–H groups in total. The number of aromatic nitrogens is 4. The highest BCUT2D eigenvalue weighted by atomic mass is 19.4. The van der Waals surface area contributed by atoms with Gasteiger partial charge in [0.25, 0.3) is 5.56 Å². The molecule has 0 amide bonds. The predicted molar refractivity (Wildman–Crippen MR) is 83.1 cm³/mol. The van der Waals surface area contributed by atoms with Crippen LogP contribution in [0.5, 0.6) is 0 Å². The molecule has 6 nitrogen and oxygen atoms in total. The highest BCUT2D eigenvalue weighted by molar-refractivity contribution is 5.82. The molecule has 0 aliphatic heterocycles. The minimum Gasteiger partial charge on any atom is -0.274 e. The first-order valence-corrected chi connectivity index (χ1v) is 7.54. The smallest absolute Gasteiger partial charge is 0.274 e. The van der Waals surface area contributed by atoms with Crippen LogP contribution in [0.4, 0.5) is 13.2 Å². The number of hydrogen-bond acceptors (Lipinski definition) is 4. The number of rotatable bonds is 2. The Labute approximate surface area is 138 Å². The fraction of sp³-hybridized carbons (Fsp3) is 0.250. The van der Waals surface area contributed by atoms with Gasteiger partial charge in [0.15, 0.2) is 5.65 Å². The van der Waals surface area contributed by atoms with E-state index in [1.807, 2.05) is 4.98 Å². The van der Waals surface area contributed by atoms with Gasteiger partial charge in [0.05, 0.1) is 22.3 Å². The molecule has 1 fully saturated rings. The third-order valence-corrected chi connectivity index (χ3v) is 4.04. The quantitative estimate of drug-likeness (QED) is 0.772. The molecular formula is C16H11F3N4O2. The molecule has 0 bridgehead atoms. The van der Waals surface area contributed by atoms with Crippen LogP contribution in [-0.2, 0) is 6.18 Å². The van der Waals surface area contributed by atoms with E-state index in [-0.39, 0.29) is 23.1 Å². The number of halogens is 3. The lowest BCUT2D eigenvalue weighted by Gasteiger charge is -2.14. The normalized spacial score (nSPS) is 14.8. The van der Waals surface area contributed by atoms with Crippen molar-refractivity contribution in [2.24, 2.45) is 0 Å². The lowest BCUT2D eigenvalue weighted by Crippen LogP contribution is -2.32. The van der Waals surface area contributed by atoms with Crippen molar-refractivity contribution in [2.75, 3.05) is 0 Å². The number of nitrogens with zero attached hydrogens (tertiary/aromatic N) is 3. The lowest BCUT2D eigenvalue weighted by atomic mass is 10.1. The van der Waals surface area contributed by atoms with Crippen molar-refractivity contribution in [1.82, 2.24) is 19.5 Å². The number of fused-ring (bicyclic) bond motifs is 1. The Balaban J connectivity index is 2.16. The highest BCUT2D eigenvalue weighted by Gasteiger charge is 2.37. The van der Waals surface area contributed by atoms with Crippen molar-refractivity contribution >= 4 is 11.0 Å². The number of aromatic amines is 1. The maximum absolute atomic E-state index is 13.6. The lowest BCUT2D eigenvalue weighted by molar-refractivity contribution is -0.136. The van der Waals surface area contributed by atoms with Gasteiger partial charge in [-0.3, -0.25) is 19.3 Å². The number of pyridine rings is 2. The molecule has 0 spiro atoms. The molecular weight excluding hydrogens is 337 g/mol. The first-order chi connectivity index (χ1) is 11.9. The summed E-state index contributed by atoms with van der Waals surface area (Å²) in [6, 6.07) is 5.30. The Morgan fingerprint density at radius 1 is 1.16 bits per heavy atom. The zero-order chi connectivity index (χ0) is 17.8. The summed E-state index contributed by atoms with van der Waals surface area (Å²) in [7, 11) is 0. The van der Waals surface area contributed by atoms with Crippen molar-refractivity contribution in [3.05, 3.63) is 56.9 Å². The Morgan fingerprint density at radius 2 is 1.92 bits per heavy atom. The average Bonchev–Trinajstić information content (AvgIpc) is 3.38. The fourth-order valence-corrected chi connectivity index (χ4v) is 2.79. The van der Waals surface area contributed by atoms with Gasteiger partial charge in [0.2, 0.25) is 0 Å². The van der Waals surface area contributed by atoms with Crippen LogP contribution in [0.25, 0.3) is 22.4 Å². The summed E-state index contributed by atoms with van der Waals surface area (Å²) < 4.78 is 41.8. The second kappa shape index (κ2) is 5.27. The van der Waals surface area contributed by atoms with Crippen LogP contribution >= 0.6 is 0 Å². The summed E-state index contributed by atoms with van der Waals surface area (Å²) in [5.74, 6) is 0. The summed E-state index contributed by atoms with van der Waals surface area (Å²) >= 11 is 0. The van der Waals surface area contributed by atoms with Gasteiger partial charge in [-0.1, -0.05) is 6.07 Å². The van der Waals surface area contributed by atoms with Gasteiger partial charge >= 0.3 is 11.9 Å². The van der Waals surface area contributed by atoms with Gasteiger partial charge in [-0.2, -0.15) is 13.2 Å². The molecule has 0 aromatic carbocycles. The van der Waals surface area contributed by atoms with Crippen molar-refractivity contribution in [3.63, 3.8) is 0 Å². The van der Waals surface area contributed by atoms with Crippen LogP contribution < -0.4 is 11.2 Å². The SMILES string of the molecule is O=c1[nH]c(=O)n(C2CC2)c2nc(-c3ccccn3)cc(C(F)(F)F)c12. The molecule has 128 valence electrons. The first-order valence-electron chi connectivity index (χ1n) is 7.54. The van der Waals surface area contributed by atoms with E-state index in [2.05, 4.69) is 9.97 Å². The Morgan fingerprint density at radius 3 is 2.52 bits per heavy atom. The van der Waals surface area contributed by atoms with Gasteiger partial charge in [-0.05, 0) is 31.0 Å². The molecule has 0 atom stereocenters. The minimum absolute atomic E-state index is 0.0418. The molecule has 0 saturated heterocycles. The van der Waals surface area contributed by atoms with Crippen LogP contribution in [-0.4, -0.2) is 19.5 Å². The van der Waals surface area contributed by atoms with Crippen LogP contribution in [0.2, 0.25) is 0 Å². The second-order valence-corrected chi connectivity index (χ2v) is 5.83. The van der Waals surface area contributed by atoms with Gasteiger partial charge in [0.1, 0.15) is 0 Å². The Kier molecular flexibility index (Phi) is 3.28. The summed E-state index contributed by atoms with van der Waals surface area (Å²) in [4.78, 5) is 34.4. The van der Waals surface area contributed by atoms with E-state index in [1.54, 1.807) is 12.1 Å². The summed E-state index contributed by atoms with van der Waals surface area (Å²) in [6.45, 7) is 0.